The van der Waals surface area contributed by atoms with Gasteiger partial charge in [-0.05, 0) is 49.9 Å². The zero-order valence-corrected chi connectivity index (χ0v) is 16.5. The second-order valence-electron chi connectivity index (χ2n) is 7.60. The highest BCUT2D eigenvalue weighted by molar-refractivity contribution is 5.94. The van der Waals surface area contributed by atoms with Gasteiger partial charge in [-0.2, -0.15) is 0 Å². The summed E-state index contributed by atoms with van der Waals surface area (Å²) in [5.74, 6) is 0.809. The predicted molar refractivity (Wildman–Crippen MR) is 105 cm³/mol. The first-order valence-corrected chi connectivity index (χ1v) is 10.1. The van der Waals surface area contributed by atoms with E-state index in [1.807, 2.05) is 34.9 Å². The molecule has 3 rings (SSSR count). The van der Waals surface area contributed by atoms with E-state index in [0.29, 0.717) is 37.8 Å². The zero-order chi connectivity index (χ0) is 19.2. The molecule has 1 saturated heterocycles. The number of benzene rings is 1. The molecule has 2 aliphatic rings. The van der Waals surface area contributed by atoms with E-state index < -0.39 is 0 Å². The van der Waals surface area contributed by atoms with Gasteiger partial charge in [-0.15, -0.1) is 0 Å². The van der Waals surface area contributed by atoms with Crippen LogP contribution in [0.15, 0.2) is 18.2 Å². The molecule has 1 N–H and O–H groups in total. The summed E-state index contributed by atoms with van der Waals surface area (Å²) in [7, 11) is 1.63. The lowest BCUT2D eigenvalue weighted by atomic mass is 9.96. The predicted octanol–water partition coefficient (Wildman–Crippen LogP) is 3.19. The Bertz CT molecular complexity index is 671. The quantitative estimate of drug-likeness (QED) is 0.885. The number of nitrogens with zero attached hydrogens (tertiary/aromatic N) is 2. The zero-order valence-electron chi connectivity index (χ0n) is 16.5. The molecule has 1 saturated carbocycles. The van der Waals surface area contributed by atoms with Gasteiger partial charge in [0.15, 0.2) is 0 Å². The van der Waals surface area contributed by atoms with Crippen molar-refractivity contribution in [3.05, 3.63) is 29.3 Å². The van der Waals surface area contributed by atoms with Crippen LogP contribution in [0.4, 0.5) is 4.79 Å². The molecule has 27 heavy (non-hydrogen) atoms. The lowest BCUT2D eigenvalue weighted by Gasteiger charge is -2.27. The lowest BCUT2D eigenvalue weighted by molar-refractivity contribution is 0.0762. The van der Waals surface area contributed by atoms with Crippen molar-refractivity contribution in [2.45, 2.75) is 51.5 Å². The minimum absolute atomic E-state index is 0.0234. The maximum absolute atomic E-state index is 12.9. The van der Waals surface area contributed by atoms with Crippen molar-refractivity contribution in [2.75, 3.05) is 33.3 Å². The van der Waals surface area contributed by atoms with Crippen molar-refractivity contribution in [1.82, 2.24) is 15.1 Å². The second kappa shape index (κ2) is 9.11. The number of hydrogen-bond donors (Lipinski definition) is 1. The molecule has 0 unspecified atom stereocenters. The number of ether oxygens (including phenoxy) is 1. The largest absolute Gasteiger partial charge is 0.496 e. The molecule has 0 radical (unpaired) electrons. The van der Waals surface area contributed by atoms with E-state index >= 15 is 0 Å². The second-order valence-corrected chi connectivity index (χ2v) is 7.60. The average molecular weight is 373 g/mol. The van der Waals surface area contributed by atoms with Gasteiger partial charge in [-0.25, -0.2) is 4.79 Å². The molecule has 1 aromatic rings. The van der Waals surface area contributed by atoms with Crippen LogP contribution >= 0.6 is 0 Å². The van der Waals surface area contributed by atoms with Crippen LogP contribution < -0.4 is 10.1 Å². The van der Waals surface area contributed by atoms with Gasteiger partial charge in [0.25, 0.3) is 5.91 Å². The number of urea groups is 1. The molecular formula is C21H31N3O3. The van der Waals surface area contributed by atoms with Crippen molar-refractivity contribution in [1.29, 1.82) is 0 Å². The normalized spacial score (nSPS) is 18.7. The van der Waals surface area contributed by atoms with E-state index in [9.17, 15) is 9.59 Å². The summed E-state index contributed by atoms with van der Waals surface area (Å²) in [6.07, 6.45) is 6.65. The SMILES string of the molecule is COc1ccc(C(=O)N2CCCN(C(=O)NC3CCCCC3)CC2)cc1C. The van der Waals surface area contributed by atoms with Crippen molar-refractivity contribution in [2.24, 2.45) is 0 Å². The number of nitrogens with one attached hydrogen (secondary N) is 1. The summed E-state index contributed by atoms with van der Waals surface area (Å²) in [5.41, 5.74) is 1.63. The molecule has 3 amide bonds. The van der Waals surface area contributed by atoms with Crippen LogP contribution in [0.2, 0.25) is 0 Å². The van der Waals surface area contributed by atoms with E-state index in [4.69, 9.17) is 4.74 Å². The number of amides is 3. The Hall–Kier alpha value is -2.24. The third-order valence-electron chi connectivity index (χ3n) is 5.64. The van der Waals surface area contributed by atoms with Crippen LogP contribution in [0.3, 0.4) is 0 Å². The molecule has 6 nitrogen and oxygen atoms in total. The standard InChI is InChI=1S/C21H31N3O3/c1-16-15-17(9-10-19(16)27-2)20(25)23-11-6-12-24(14-13-23)21(26)22-18-7-4-3-5-8-18/h9-10,15,18H,3-8,11-14H2,1-2H3,(H,22,26). The molecule has 0 aromatic heterocycles. The van der Waals surface area contributed by atoms with Gasteiger partial charge in [-0.3, -0.25) is 4.79 Å². The number of methoxy groups -OCH3 is 1. The summed E-state index contributed by atoms with van der Waals surface area (Å²) in [4.78, 5) is 29.2. The fourth-order valence-corrected chi connectivity index (χ4v) is 4.03. The number of rotatable bonds is 3. The average Bonchev–Trinajstić information content (AvgIpc) is 2.94. The van der Waals surface area contributed by atoms with Gasteiger partial charge in [0.1, 0.15) is 5.75 Å². The molecule has 1 aliphatic heterocycles. The Balaban J connectivity index is 1.56. The molecule has 1 aliphatic carbocycles. The fourth-order valence-electron chi connectivity index (χ4n) is 4.03. The molecule has 2 fully saturated rings. The number of carbonyl (C=O) groups is 2. The Kier molecular flexibility index (Phi) is 6.58. The van der Waals surface area contributed by atoms with Crippen molar-refractivity contribution < 1.29 is 14.3 Å². The van der Waals surface area contributed by atoms with Crippen LogP contribution in [-0.2, 0) is 0 Å². The Labute approximate surface area is 161 Å². The van der Waals surface area contributed by atoms with Crippen LogP contribution in [0.5, 0.6) is 5.75 Å². The fraction of sp³-hybridized carbons (Fsp3) is 0.619. The smallest absolute Gasteiger partial charge is 0.317 e. The molecule has 6 heteroatoms. The third-order valence-corrected chi connectivity index (χ3v) is 5.64. The van der Waals surface area contributed by atoms with Crippen LogP contribution in [-0.4, -0.2) is 61.1 Å². The summed E-state index contributed by atoms with van der Waals surface area (Å²) in [6, 6.07) is 5.86. The van der Waals surface area contributed by atoms with Gasteiger partial charge in [-0.1, -0.05) is 19.3 Å². The summed E-state index contributed by atoms with van der Waals surface area (Å²) in [6.45, 7) is 4.47. The monoisotopic (exact) mass is 373 g/mol. The van der Waals surface area contributed by atoms with E-state index in [2.05, 4.69) is 5.32 Å². The van der Waals surface area contributed by atoms with E-state index in [-0.39, 0.29) is 11.9 Å². The number of carbonyl (C=O) groups excluding carboxylic acids is 2. The van der Waals surface area contributed by atoms with E-state index in [0.717, 1.165) is 30.6 Å². The molecule has 1 aromatic carbocycles. The van der Waals surface area contributed by atoms with Crippen LogP contribution in [0.25, 0.3) is 0 Å². The van der Waals surface area contributed by atoms with Gasteiger partial charge in [0, 0.05) is 37.8 Å². The maximum atomic E-state index is 12.9. The highest BCUT2D eigenvalue weighted by Crippen LogP contribution is 2.20. The first kappa shape index (κ1) is 19.5. The highest BCUT2D eigenvalue weighted by Gasteiger charge is 2.25. The van der Waals surface area contributed by atoms with E-state index in [1.165, 1.54) is 19.3 Å². The first-order valence-electron chi connectivity index (χ1n) is 10.1. The van der Waals surface area contributed by atoms with Gasteiger partial charge >= 0.3 is 6.03 Å². The molecule has 1 heterocycles. The minimum Gasteiger partial charge on any atom is -0.496 e. The number of aryl methyl sites for hydroxylation is 1. The maximum Gasteiger partial charge on any atom is 0.317 e. The number of hydrogen-bond acceptors (Lipinski definition) is 3. The van der Waals surface area contributed by atoms with Gasteiger partial charge in [0.05, 0.1) is 7.11 Å². The molecule has 0 bridgehead atoms. The van der Waals surface area contributed by atoms with Gasteiger partial charge in [0.2, 0.25) is 0 Å². The summed E-state index contributed by atoms with van der Waals surface area (Å²) >= 11 is 0. The topological polar surface area (TPSA) is 61.9 Å². The van der Waals surface area contributed by atoms with Gasteiger partial charge < -0.3 is 19.9 Å². The van der Waals surface area contributed by atoms with Crippen molar-refractivity contribution >= 4 is 11.9 Å². The van der Waals surface area contributed by atoms with Crippen LogP contribution in [0, 0.1) is 6.92 Å². The van der Waals surface area contributed by atoms with Crippen molar-refractivity contribution in [3.63, 3.8) is 0 Å². The lowest BCUT2D eigenvalue weighted by Crippen LogP contribution is -2.46. The first-order chi connectivity index (χ1) is 13.1. The third kappa shape index (κ3) is 4.93. The molecular weight excluding hydrogens is 342 g/mol. The Morgan fingerprint density at radius 3 is 2.41 bits per heavy atom. The highest BCUT2D eigenvalue weighted by atomic mass is 16.5. The van der Waals surface area contributed by atoms with Crippen LogP contribution in [0.1, 0.15) is 54.4 Å². The Morgan fingerprint density at radius 2 is 1.70 bits per heavy atom. The summed E-state index contributed by atoms with van der Waals surface area (Å²) < 4.78 is 5.27. The molecule has 0 atom stereocenters. The summed E-state index contributed by atoms with van der Waals surface area (Å²) in [5, 5.41) is 3.18. The van der Waals surface area contributed by atoms with Crippen molar-refractivity contribution in [3.8, 4) is 5.75 Å². The molecule has 148 valence electrons. The Morgan fingerprint density at radius 1 is 1.00 bits per heavy atom. The van der Waals surface area contributed by atoms with E-state index in [1.54, 1.807) is 7.11 Å². The minimum atomic E-state index is 0.0234. The molecule has 0 spiro atoms.